The van der Waals surface area contributed by atoms with Crippen LogP contribution in [-0.2, 0) is 21.2 Å². The van der Waals surface area contributed by atoms with Crippen molar-refractivity contribution >= 4 is 26.6 Å². The number of rotatable bonds is 4. The summed E-state index contributed by atoms with van der Waals surface area (Å²) >= 11 is 0. The molecule has 0 bridgehead atoms. The first-order chi connectivity index (χ1) is 15.0. The molecule has 1 fully saturated rings. The van der Waals surface area contributed by atoms with Crippen LogP contribution in [0.4, 0.5) is 0 Å². The smallest absolute Gasteiger partial charge is 0.243 e. The molecule has 1 heterocycles. The molecule has 0 amide bonds. The maximum Gasteiger partial charge on any atom is 0.243 e. The Morgan fingerprint density at radius 2 is 1.65 bits per heavy atom. The van der Waals surface area contributed by atoms with Crippen molar-refractivity contribution < 1.29 is 13.2 Å². The second-order valence-corrected chi connectivity index (χ2v) is 10.6. The molecule has 31 heavy (non-hydrogen) atoms. The average Bonchev–Trinajstić information content (AvgIpc) is 2.79. The standard InChI is InChI=1S/C26H25NO3S/c28-24-12-14-26(18-20-6-2-1-3-7-20)19-27(15-13-23(26)17-24)31(29,30)25-11-10-21-8-4-5-9-22(21)16-25/h1-11,13,16H,12,14-15,17-19H2. The van der Waals surface area contributed by atoms with Gasteiger partial charge < -0.3 is 0 Å². The molecule has 0 aromatic heterocycles. The van der Waals surface area contributed by atoms with E-state index in [1.807, 2.05) is 54.6 Å². The number of carbonyl (C=O) groups excluding carboxylic acids is 1. The SMILES string of the molecule is O=C1CCC2(Cc3ccccc3)CN(S(=O)(=O)c3ccc4ccccc4c3)CC=C2C1. The van der Waals surface area contributed by atoms with Gasteiger partial charge in [0, 0.05) is 31.3 Å². The highest BCUT2D eigenvalue weighted by molar-refractivity contribution is 7.89. The van der Waals surface area contributed by atoms with Crippen LogP contribution >= 0.6 is 0 Å². The van der Waals surface area contributed by atoms with E-state index in [2.05, 4.69) is 12.1 Å². The van der Waals surface area contributed by atoms with E-state index in [9.17, 15) is 13.2 Å². The molecular formula is C26H25NO3S. The Morgan fingerprint density at radius 3 is 2.45 bits per heavy atom. The molecule has 1 atom stereocenters. The number of sulfonamides is 1. The van der Waals surface area contributed by atoms with Crippen molar-refractivity contribution in [2.45, 2.75) is 30.6 Å². The number of nitrogens with zero attached hydrogens (tertiary/aromatic N) is 1. The molecule has 4 nitrogen and oxygen atoms in total. The first-order valence-corrected chi connectivity index (χ1v) is 12.1. The number of benzene rings is 3. The summed E-state index contributed by atoms with van der Waals surface area (Å²) in [7, 11) is -3.64. The third-order valence-corrected chi connectivity index (χ3v) is 8.52. The molecule has 5 heteroatoms. The van der Waals surface area contributed by atoms with Crippen LogP contribution in [0, 0.1) is 5.41 Å². The van der Waals surface area contributed by atoms with Crippen molar-refractivity contribution in [1.82, 2.24) is 4.31 Å². The Balaban J connectivity index is 1.52. The molecule has 3 aromatic rings. The van der Waals surface area contributed by atoms with Crippen LogP contribution in [0.15, 0.2) is 89.3 Å². The number of hydrogen-bond donors (Lipinski definition) is 0. The molecule has 2 aliphatic rings. The molecule has 1 aliphatic carbocycles. The van der Waals surface area contributed by atoms with E-state index >= 15 is 0 Å². The summed E-state index contributed by atoms with van der Waals surface area (Å²) in [6.45, 7) is 0.727. The highest BCUT2D eigenvalue weighted by atomic mass is 32.2. The summed E-state index contributed by atoms with van der Waals surface area (Å²) in [5, 5.41) is 1.94. The molecule has 158 valence electrons. The molecule has 5 rings (SSSR count). The Hall–Kier alpha value is -2.76. The zero-order chi connectivity index (χ0) is 21.5. The third-order valence-electron chi connectivity index (χ3n) is 6.72. The van der Waals surface area contributed by atoms with Gasteiger partial charge in [0.05, 0.1) is 4.90 Å². The number of fused-ring (bicyclic) bond motifs is 2. The van der Waals surface area contributed by atoms with E-state index in [0.29, 0.717) is 37.2 Å². The van der Waals surface area contributed by atoms with Gasteiger partial charge in [-0.15, -0.1) is 0 Å². The summed E-state index contributed by atoms with van der Waals surface area (Å²) in [4.78, 5) is 12.5. The number of Topliss-reactive ketones (excluding diaryl/α,β-unsaturated/α-hetero) is 1. The summed E-state index contributed by atoms with van der Waals surface area (Å²) < 4.78 is 28.8. The Morgan fingerprint density at radius 1 is 0.903 bits per heavy atom. The number of ketones is 1. The fourth-order valence-electron chi connectivity index (χ4n) is 5.02. The molecule has 1 aliphatic heterocycles. The van der Waals surface area contributed by atoms with Gasteiger partial charge in [-0.3, -0.25) is 4.79 Å². The summed E-state index contributed by atoms with van der Waals surface area (Å²) in [6, 6.07) is 23.3. The highest BCUT2D eigenvalue weighted by Gasteiger charge is 2.45. The first-order valence-electron chi connectivity index (χ1n) is 10.7. The lowest BCUT2D eigenvalue weighted by molar-refractivity contribution is -0.120. The molecule has 3 aromatic carbocycles. The van der Waals surface area contributed by atoms with Crippen LogP contribution in [-0.4, -0.2) is 31.6 Å². The molecule has 0 N–H and O–H groups in total. The van der Waals surface area contributed by atoms with Gasteiger partial charge in [0.1, 0.15) is 5.78 Å². The minimum atomic E-state index is -3.64. The van der Waals surface area contributed by atoms with Crippen LogP contribution in [0.1, 0.15) is 24.8 Å². The number of carbonyl (C=O) groups is 1. The Bertz CT molecular complexity index is 1280. The topological polar surface area (TPSA) is 54.5 Å². The largest absolute Gasteiger partial charge is 0.299 e. The van der Waals surface area contributed by atoms with E-state index in [-0.39, 0.29) is 11.2 Å². The van der Waals surface area contributed by atoms with Crippen LogP contribution in [0.5, 0.6) is 0 Å². The molecule has 1 unspecified atom stereocenters. The Labute approximate surface area is 183 Å². The summed E-state index contributed by atoms with van der Waals surface area (Å²) in [6.07, 6.45) is 4.37. The Kier molecular flexibility index (Phi) is 5.03. The van der Waals surface area contributed by atoms with Crippen molar-refractivity contribution in [3.63, 3.8) is 0 Å². The van der Waals surface area contributed by atoms with Crippen molar-refractivity contribution in [3.8, 4) is 0 Å². The predicted molar refractivity (Wildman–Crippen MR) is 122 cm³/mol. The van der Waals surface area contributed by atoms with Crippen LogP contribution < -0.4 is 0 Å². The van der Waals surface area contributed by atoms with E-state index < -0.39 is 10.0 Å². The van der Waals surface area contributed by atoms with Crippen LogP contribution in [0.3, 0.4) is 0 Å². The van der Waals surface area contributed by atoms with Gasteiger partial charge in [0.15, 0.2) is 0 Å². The van der Waals surface area contributed by atoms with Gasteiger partial charge in [-0.05, 0) is 41.3 Å². The monoisotopic (exact) mass is 431 g/mol. The highest BCUT2D eigenvalue weighted by Crippen LogP contribution is 2.46. The van der Waals surface area contributed by atoms with Gasteiger partial charge in [-0.1, -0.05) is 72.3 Å². The van der Waals surface area contributed by atoms with E-state index in [1.54, 1.807) is 16.4 Å². The van der Waals surface area contributed by atoms with Crippen molar-refractivity contribution in [1.29, 1.82) is 0 Å². The molecule has 1 saturated carbocycles. The van der Waals surface area contributed by atoms with Crippen molar-refractivity contribution in [3.05, 3.63) is 90.0 Å². The van der Waals surface area contributed by atoms with Gasteiger partial charge >= 0.3 is 0 Å². The fourth-order valence-corrected chi connectivity index (χ4v) is 6.52. The lowest BCUT2D eigenvalue weighted by Crippen LogP contribution is -2.49. The van der Waals surface area contributed by atoms with Crippen LogP contribution in [0.25, 0.3) is 10.8 Å². The fraction of sp³-hybridized carbons (Fsp3) is 0.269. The lowest BCUT2D eigenvalue weighted by Gasteiger charge is -2.45. The molecule has 0 radical (unpaired) electrons. The lowest BCUT2D eigenvalue weighted by atomic mass is 9.65. The molecular weight excluding hydrogens is 406 g/mol. The molecule has 0 saturated heterocycles. The summed E-state index contributed by atoms with van der Waals surface area (Å²) in [5.41, 5.74) is 1.96. The van der Waals surface area contributed by atoms with Gasteiger partial charge in [-0.2, -0.15) is 4.31 Å². The minimum Gasteiger partial charge on any atom is -0.299 e. The van der Waals surface area contributed by atoms with Crippen LogP contribution in [0.2, 0.25) is 0 Å². The second kappa shape index (κ2) is 7.74. The minimum absolute atomic E-state index is 0.251. The second-order valence-electron chi connectivity index (χ2n) is 8.69. The normalized spacial score (nSPS) is 22.2. The van der Waals surface area contributed by atoms with E-state index in [1.165, 1.54) is 5.56 Å². The number of hydrogen-bond acceptors (Lipinski definition) is 3. The molecule has 0 spiro atoms. The quantitative estimate of drug-likeness (QED) is 0.560. The first kappa shape index (κ1) is 20.2. The van der Waals surface area contributed by atoms with Crippen molar-refractivity contribution in [2.75, 3.05) is 13.1 Å². The maximum atomic E-state index is 13.6. The third kappa shape index (κ3) is 3.73. The van der Waals surface area contributed by atoms with E-state index in [0.717, 1.165) is 22.8 Å². The zero-order valence-electron chi connectivity index (χ0n) is 17.3. The van der Waals surface area contributed by atoms with Gasteiger partial charge in [-0.25, -0.2) is 8.42 Å². The average molecular weight is 432 g/mol. The zero-order valence-corrected chi connectivity index (χ0v) is 18.1. The van der Waals surface area contributed by atoms with E-state index in [4.69, 9.17) is 0 Å². The van der Waals surface area contributed by atoms with Crippen molar-refractivity contribution in [2.24, 2.45) is 5.41 Å². The van der Waals surface area contributed by atoms with Gasteiger partial charge in [0.25, 0.3) is 0 Å². The predicted octanol–water partition coefficient (Wildman–Crippen LogP) is 4.75. The summed E-state index contributed by atoms with van der Waals surface area (Å²) in [5.74, 6) is 0.251. The maximum absolute atomic E-state index is 13.6. The van der Waals surface area contributed by atoms with Gasteiger partial charge in [0.2, 0.25) is 10.0 Å².